The van der Waals surface area contributed by atoms with Gasteiger partial charge in [-0.05, 0) is 88.3 Å². The standard InChI is InChI=1S/C28H31F4N3O3/c1-15-4-5-16(2)35(15)27(38)20-10-6-18(7-11-20)17(3)33-26(37)24(19-8-9-19)34-25(36)21-12-22(28(30,31)32)14-23(29)13-21/h6-7,10-17,19,24H,4-5,8-9H2,1-3H3,(H,33,37)(H,34,36)/t15?,16?,17-,24-/m1/s1. The molecule has 204 valence electrons. The number of halogens is 4. The molecule has 2 aromatic carbocycles. The molecule has 2 aliphatic rings. The van der Waals surface area contributed by atoms with Crippen molar-refractivity contribution in [2.24, 2.45) is 5.92 Å². The fourth-order valence-electron chi connectivity index (χ4n) is 4.98. The van der Waals surface area contributed by atoms with E-state index in [2.05, 4.69) is 10.6 Å². The Morgan fingerprint density at radius 3 is 2.05 bits per heavy atom. The Labute approximate surface area is 218 Å². The van der Waals surface area contributed by atoms with Crippen molar-refractivity contribution in [3.05, 3.63) is 70.5 Å². The topological polar surface area (TPSA) is 78.5 Å². The lowest BCUT2D eigenvalue weighted by atomic mass is 10.0. The molecule has 2 fully saturated rings. The zero-order valence-electron chi connectivity index (χ0n) is 21.4. The van der Waals surface area contributed by atoms with E-state index in [1.807, 2.05) is 18.7 Å². The first kappa shape index (κ1) is 27.6. The van der Waals surface area contributed by atoms with Gasteiger partial charge in [0.1, 0.15) is 11.9 Å². The minimum atomic E-state index is -4.81. The molecule has 2 unspecified atom stereocenters. The number of alkyl halides is 3. The van der Waals surface area contributed by atoms with Crippen molar-refractivity contribution in [3.63, 3.8) is 0 Å². The van der Waals surface area contributed by atoms with Crippen LogP contribution < -0.4 is 10.6 Å². The van der Waals surface area contributed by atoms with Crippen LogP contribution >= 0.6 is 0 Å². The van der Waals surface area contributed by atoms with Gasteiger partial charge in [-0.2, -0.15) is 13.2 Å². The third-order valence-corrected chi connectivity index (χ3v) is 7.35. The van der Waals surface area contributed by atoms with Gasteiger partial charge in [-0.25, -0.2) is 4.39 Å². The molecule has 4 atom stereocenters. The van der Waals surface area contributed by atoms with E-state index >= 15 is 0 Å². The van der Waals surface area contributed by atoms with Crippen molar-refractivity contribution in [2.45, 2.75) is 76.8 Å². The SMILES string of the molecule is CC1CCC(C)N1C(=O)c1ccc([C@@H](C)NC(=O)[C@H](NC(=O)c2cc(F)cc(C(F)(F)F)c2)C2CC2)cc1. The first-order valence-electron chi connectivity index (χ1n) is 12.8. The number of nitrogens with zero attached hydrogens (tertiary/aromatic N) is 1. The van der Waals surface area contributed by atoms with Gasteiger partial charge in [0.15, 0.2) is 0 Å². The van der Waals surface area contributed by atoms with Crippen molar-refractivity contribution < 1.29 is 31.9 Å². The second kappa shape index (κ2) is 10.7. The predicted octanol–water partition coefficient (Wildman–Crippen LogP) is 5.24. The van der Waals surface area contributed by atoms with Gasteiger partial charge < -0.3 is 15.5 Å². The van der Waals surface area contributed by atoms with E-state index in [9.17, 15) is 31.9 Å². The summed E-state index contributed by atoms with van der Waals surface area (Å²) in [6.07, 6.45) is -1.53. The molecule has 0 radical (unpaired) electrons. The Bertz CT molecular complexity index is 1200. The van der Waals surface area contributed by atoms with Crippen LogP contribution in [0.4, 0.5) is 17.6 Å². The maximum Gasteiger partial charge on any atom is 0.416 e. The van der Waals surface area contributed by atoms with E-state index in [0.29, 0.717) is 36.6 Å². The lowest BCUT2D eigenvalue weighted by Gasteiger charge is -2.26. The van der Waals surface area contributed by atoms with Crippen LogP contribution in [0.3, 0.4) is 0 Å². The van der Waals surface area contributed by atoms with Crippen LogP contribution in [0.5, 0.6) is 0 Å². The fraction of sp³-hybridized carbons (Fsp3) is 0.464. The van der Waals surface area contributed by atoms with E-state index in [1.54, 1.807) is 31.2 Å². The first-order chi connectivity index (χ1) is 17.8. The molecule has 1 aliphatic heterocycles. The Morgan fingerprint density at radius 1 is 0.895 bits per heavy atom. The third-order valence-electron chi connectivity index (χ3n) is 7.35. The van der Waals surface area contributed by atoms with Crippen LogP contribution in [0.1, 0.15) is 84.3 Å². The van der Waals surface area contributed by atoms with Crippen molar-refractivity contribution in [3.8, 4) is 0 Å². The molecule has 0 bridgehead atoms. The van der Waals surface area contributed by atoms with E-state index in [-0.39, 0.29) is 23.9 Å². The third kappa shape index (κ3) is 6.16. The molecule has 3 amide bonds. The van der Waals surface area contributed by atoms with Gasteiger partial charge in [0.2, 0.25) is 5.91 Å². The van der Waals surface area contributed by atoms with E-state index in [0.717, 1.165) is 18.4 Å². The first-order valence-corrected chi connectivity index (χ1v) is 12.8. The highest BCUT2D eigenvalue weighted by molar-refractivity contribution is 5.98. The zero-order valence-corrected chi connectivity index (χ0v) is 21.4. The molecule has 0 spiro atoms. The summed E-state index contributed by atoms with van der Waals surface area (Å²) in [4.78, 5) is 40.6. The van der Waals surface area contributed by atoms with Gasteiger partial charge >= 0.3 is 6.18 Å². The molecule has 38 heavy (non-hydrogen) atoms. The van der Waals surface area contributed by atoms with Crippen LogP contribution in [-0.4, -0.2) is 40.7 Å². The smallest absolute Gasteiger partial charge is 0.348 e. The largest absolute Gasteiger partial charge is 0.416 e. The summed E-state index contributed by atoms with van der Waals surface area (Å²) in [7, 11) is 0. The number of amides is 3. The van der Waals surface area contributed by atoms with Gasteiger partial charge in [-0.15, -0.1) is 0 Å². The number of hydrogen-bond acceptors (Lipinski definition) is 3. The molecule has 1 heterocycles. The summed E-state index contributed by atoms with van der Waals surface area (Å²) in [5, 5.41) is 5.32. The van der Waals surface area contributed by atoms with Crippen molar-refractivity contribution in [1.82, 2.24) is 15.5 Å². The number of likely N-dealkylation sites (tertiary alicyclic amines) is 1. The Kier molecular flexibility index (Phi) is 7.80. The monoisotopic (exact) mass is 533 g/mol. The number of nitrogens with one attached hydrogen (secondary N) is 2. The highest BCUT2D eigenvalue weighted by Crippen LogP contribution is 2.34. The van der Waals surface area contributed by atoms with Crippen LogP contribution in [0.2, 0.25) is 0 Å². The average Bonchev–Trinajstić information content (AvgIpc) is 3.64. The summed E-state index contributed by atoms with van der Waals surface area (Å²) >= 11 is 0. The van der Waals surface area contributed by atoms with Crippen LogP contribution in [-0.2, 0) is 11.0 Å². The van der Waals surface area contributed by atoms with Crippen LogP contribution in [0.15, 0.2) is 42.5 Å². The van der Waals surface area contributed by atoms with Gasteiger partial charge in [0.25, 0.3) is 11.8 Å². The second-order valence-electron chi connectivity index (χ2n) is 10.4. The molecule has 1 aliphatic carbocycles. The van der Waals surface area contributed by atoms with E-state index in [1.165, 1.54) is 0 Å². The zero-order chi connectivity index (χ0) is 27.8. The number of carbonyl (C=O) groups excluding carboxylic acids is 3. The van der Waals surface area contributed by atoms with E-state index < -0.39 is 47.0 Å². The van der Waals surface area contributed by atoms with E-state index in [4.69, 9.17) is 0 Å². The Hall–Kier alpha value is -3.43. The number of hydrogen-bond donors (Lipinski definition) is 2. The second-order valence-corrected chi connectivity index (χ2v) is 10.4. The molecule has 2 aromatic rings. The summed E-state index contributed by atoms with van der Waals surface area (Å²) in [5.74, 6) is -2.83. The Balaban J connectivity index is 1.41. The maximum absolute atomic E-state index is 13.8. The Morgan fingerprint density at radius 2 is 1.50 bits per heavy atom. The van der Waals surface area contributed by atoms with Crippen LogP contribution in [0, 0.1) is 11.7 Å². The predicted molar refractivity (Wildman–Crippen MR) is 133 cm³/mol. The molecule has 1 saturated carbocycles. The number of benzene rings is 2. The summed E-state index contributed by atoms with van der Waals surface area (Å²) in [5.41, 5.74) is -0.479. The normalized spacial score (nSPS) is 21.1. The molecule has 6 nitrogen and oxygen atoms in total. The molecular formula is C28H31F4N3O3. The summed E-state index contributed by atoms with van der Waals surface area (Å²) in [6, 6.07) is 7.49. The minimum absolute atomic E-state index is 0.0340. The molecule has 10 heteroatoms. The highest BCUT2D eigenvalue weighted by atomic mass is 19.4. The molecule has 0 aromatic heterocycles. The van der Waals surface area contributed by atoms with Crippen molar-refractivity contribution >= 4 is 17.7 Å². The number of carbonyl (C=O) groups is 3. The van der Waals surface area contributed by atoms with Gasteiger partial charge in [0, 0.05) is 23.2 Å². The van der Waals surface area contributed by atoms with Gasteiger partial charge in [-0.3, -0.25) is 14.4 Å². The lowest BCUT2D eigenvalue weighted by molar-refractivity contribution is -0.137. The summed E-state index contributed by atoms with van der Waals surface area (Å²) in [6.45, 7) is 5.82. The lowest BCUT2D eigenvalue weighted by Crippen LogP contribution is -2.48. The minimum Gasteiger partial charge on any atom is -0.348 e. The van der Waals surface area contributed by atoms with Crippen molar-refractivity contribution in [2.75, 3.05) is 0 Å². The highest BCUT2D eigenvalue weighted by Gasteiger charge is 2.39. The molecule has 4 rings (SSSR count). The molecule has 2 N–H and O–H groups in total. The molecule has 1 saturated heterocycles. The van der Waals surface area contributed by atoms with Crippen molar-refractivity contribution in [1.29, 1.82) is 0 Å². The van der Waals surface area contributed by atoms with Gasteiger partial charge in [0.05, 0.1) is 11.6 Å². The fourth-order valence-corrected chi connectivity index (χ4v) is 4.98. The quantitative estimate of drug-likeness (QED) is 0.478. The maximum atomic E-state index is 13.8. The van der Waals surface area contributed by atoms with Crippen LogP contribution in [0.25, 0.3) is 0 Å². The average molecular weight is 534 g/mol. The van der Waals surface area contributed by atoms with Gasteiger partial charge in [-0.1, -0.05) is 12.1 Å². The number of rotatable bonds is 7. The summed E-state index contributed by atoms with van der Waals surface area (Å²) < 4.78 is 52.9. The molecular weight excluding hydrogens is 502 g/mol.